The highest BCUT2D eigenvalue weighted by Gasteiger charge is 2.33. The molecule has 23 heavy (non-hydrogen) atoms. The van der Waals surface area contributed by atoms with Gasteiger partial charge in [0.25, 0.3) is 0 Å². The second-order valence-electron chi connectivity index (χ2n) is 6.06. The smallest absolute Gasteiger partial charge is 0.356 e. The van der Waals surface area contributed by atoms with Crippen LogP contribution in [0.25, 0.3) is 0 Å². The highest BCUT2D eigenvalue weighted by atomic mass is 16.5. The van der Waals surface area contributed by atoms with Gasteiger partial charge in [0.05, 0.1) is 24.5 Å². The van der Waals surface area contributed by atoms with Crippen LogP contribution in [0.2, 0.25) is 0 Å². The SMILES string of the molecule is COC(=O)c1ccc(NC2(c3ccccc3)CCCCC2)cn1. The number of pyridine rings is 1. The molecule has 1 heterocycles. The predicted molar refractivity (Wildman–Crippen MR) is 90.4 cm³/mol. The van der Waals surface area contributed by atoms with Crippen molar-refractivity contribution in [3.05, 3.63) is 59.9 Å². The minimum Gasteiger partial charge on any atom is -0.464 e. The van der Waals surface area contributed by atoms with E-state index >= 15 is 0 Å². The van der Waals surface area contributed by atoms with Gasteiger partial charge in [-0.05, 0) is 30.5 Å². The molecule has 3 rings (SSSR count). The normalized spacial score (nSPS) is 16.6. The molecule has 0 unspecified atom stereocenters. The van der Waals surface area contributed by atoms with Crippen LogP contribution in [0.5, 0.6) is 0 Å². The van der Waals surface area contributed by atoms with E-state index in [4.69, 9.17) is 4.74 Å². The van der Waals surface area contributed by atoms with E-state index in [2.05, 4.69) is 34.6 Å². The second-order valence-corrected chi connectivity index (χ2v) is 6.06. The van der Waals surface area contributed by atoms with Gasteiger partial charge < -0.3 is 10.1 Å². The summed E-state index contributed by atoms with van der Waals surface area (Å²) >= 11 is 0. The molecule has 0 bridgehead atoms. The van der Waals surface area contributed by atoms with E-state index < -0.39 is 5.97 Å². The molecule has 4 heteroatoms. The highest BCUT2D eigenvalue weighted by Crippen LogP contribution is 2.39. The van der Waals surface area contributed by atoms with Gasteiger partial charge in [0.15, 0.2) is 0 Å². The minimum atomic E-state index is -0.410. The summed E-state index contributed by atoms with van der Waals surface area (Å²) in [6.07, 6.45) is 7.65. The van der Waals surface area contributed by atoms with Gasteiger partial charge in [-0.2, -0.15) is 0 Å². The molecule has 1 N–H and O–H groups in total. The first-order chi connectivity index (χ1) is 11.2. The Bertz CT molecular complexity index is 647. The summed E-state index contributed by atoms with van der Waals surface area (Å²) in [6, 6.07) is 14.2. The maximum Gasteiger partial charge on any atom is 0.356 e. The van der Waals surface area contributed by atoms with Crippen molar-refractivity contribution in [3.63, 3.8) is 0 Å². The average molecular weight is 310 g/mol. The third-order valence-corrected chi connectivity index (χ3v) is 4.58. The Hall–Kier alpha value is -2.36. The second kappa shape index (κ2) is 6.82. The van der Waals surface area contributed by atoms with E-state index in [1.807, 2.05) is 12.1 Å². The van der Waals surface area contributed by atoms with Crippen molar-refractivity contribution in [1.29, 1.82) is 0 Å². The highest BCUT2D eigenvalue weighted by molar-refractivity contribution is 5.87. The van der Waals surface area contributed by atoms with Crippen LogP contribution in [0.1, 0.15) is 48.2 Å². The van der Waals surface area contributed by atoms with Gasteiger partial charge in [-0.3, -0.25) is 0 Å². The summed E-state index contributed by atoms with van der Waals surface area (Å²) in [4.78, 5) is 15.7. The van der Waals surface area contributed by atoms with Crippen molar-refractivity contribution in [2.45, 2.75) is 37.6 Å². The number of hydrogen-bond acceptors (Lipinski definition) is 4. The third-order valence-electron chi connectivity index (χ3n) is 4.58. The lowest BCUT2D eigenvalue weighted by molar-refractivity contribution is 0.0594. The van der Waals surface area contributed by atoms with Crippen LogP contribution in [0.4, 0.5) is 5.69 Å². The molecule has 1 aromatic heterocycles. The third kappa shape index (κ3) is 3.36. The minimum absolute atomic E-state index is 0.0476. The molecule has 1 aromatic carbocycles. The maximum absolute atomic E-state index is 11.5. The van der Waals surface area contributed by atoms with Crippen LogP contribution in [-0.2, 0) is 10.3 Å². The largest absolute Gasteiger partial charge is 0.464 e. The number of carbonyl (C=O) groups is 1. The number of nitrogens with zero attached hydrogens (tertiary/aromatic N) is 1. The molecule has 1 saturated carbocycles. The Morgan fingerprint density at radius 1 is 1.09 bits per heavy atom. The van der Waals surface area contributed by atoms with E-state index in [0.717, 1.165) is 18.5 Å². The summed E-state index contributed by atoms with van der Waals surface area (Å²) in [5.41, 5.74) is 2.53. The van der Waals surface area contributed by atoms with Gasteiger partial charge in [0, 0.05) is 0 Å². The zero-order chi connectivity index (χ0) is 16.1. The van der Waals surface area contributed by atoms with Gasteiger partial charge in [0.1, 0.15) is 5.69 Å². The van der Waals surface area contributed by atoms with Crippen LogP contribution < -0.4 is 5.32 Å². The van der Waals surface area contributed by atoms with Crippen molar-refractivity contribution >= 4 is 11.7 Å². The summed E-state index contributed by atoms with van der Waals surface area (Å²) in [7, 11) is 1.36. The molecule has 0 radical (unpaired) electrons. The van der Waals surface area contributed by atoms with Gasteiger partial charge in [-0.15, -0.1) is 0 Å². The Morgan fingerprint density at radius 2 is 1.83 bits per heavy atom. The lowest BCUT2D eigenvalue weighted by Gasteiger charge is -2.39. The molecule has 4 nitrogen and oxygen atoms in total. The number of nitrogens with one attached hydrogen (secondary N) is 1. The number of aromatic nitrogens is 1. The Labute approximate surface area is 136 Å². The van der Waals surface area contributed by atoms with E-state index in [9.17, 15) is 4.79 Å². The molecule has 1 aliphatic carbocycles. The molecule has 0 aliphatic heterocycles. The van der Waals surface area contributed by atoms with Gasteiger partial charge in [-0.1, -0.05) is 49.6 Å². The summed E-state index contributed by atoms with van der Waals surface area (Å²) in [5.74, 6) is -0.410. The zero-order valence-corrected chi connectivity index (χ0v) is 13.4. The number of benzene rings is 1. The monoisotopic (exact) mass is 310 g/mol. The van der Waals surface area contributed by atoms with E-state index in [-0.39, 0.29) is 5.54 Å². The van der Waals surface area contributed by atoms with Crippen molar-refractivity contribution < 1.29 is 9.53 Å². The van der Waals surface area contributed by atoms with Crippen LogP contribution in [0.3, 0.4) is 0 Å². The molecule has 0 amide bonds. The number of anilines is 1. The fourth-order valence-corrected chi connectivity index (χ4v) is 3.37. The number of ether oxygens (including phenoxy) is 1. The predicted octanol–water partition coefficient (Wildman–Crippen LogP) is 4.14. The Kier molecular flexibility index (Phi) is 4.60. The van der Waals surface area contributed by atoms with E-state index in [1.165, 1.54) is 31.9 Å². The molecule has 2 aromatic rings. The number of carbonyl (C=O) groups excluding carboxylic acids is 1. The van der Waals surface area contributed by atoms with Crippen molar-refractivity contribution in [1.82, 2.24) is 4.98 Å². The maximum atomic E-state index is 11.5. The first kappa shape index (κ1) is 15.5. The number of methoxy groups -OCH3 is 1. The average Bonchev–Trinajstić information content (AvgIpc) is 2.63. The molecular weight excluding hydrogens is 288 g/mol. The van der Waals surface area contributed by atoms with Crippen LogP contribution in [0.15, 0.2) is 48.7 Å². The summed E-state index contributed by atoms with van der Waals surface area (Å²) in [6.45, 7) is 0. The number of rotatable bonds is 4. The van der Waals surface area contributed by atoms with E-state index in [0.29, 0.717) is 5.69 Å². The zero-order valence-electron chi connectivity index (χ0n) is 13.4. The number of esters is 1. The standard InChI is InChI=1S/C19H22N2O2/c1-23-18(22)17-11-10-16(14-20-17)21-19(12-6-3-7-13-19)15-8-4-2-5-9-15/h2,4-5,8-11,14,21H,3,6-7,12-13H2,1H3. The van der Waals surface area contributed by atoms with Crippen molar-refractivity contribution in [2.24, 2.45) is 0 Å². The van der Waals surface area contributed by atoms with Gasteiger partial charge >= 0.3 is 5.97 Å². The molecule has 1 fully saturated rings. The Morgan fingerprint density at radius 3 is 2.43 bits per heavy atom. The molecule has 0 atom stereocenters. The molecular formula is C19H22N2O2. The first-order valence-electron chi connectivity index (χ1n) is 8.12. The fourth-order valence-electron chi connectivity index (χ4n) is 3.37. The first-order valence-corrected chi connectivity index (χ1v) is 8.12. The van der Waals surface area contributed by atoms with Crippen molar-refractivity contribution in [2.75, 3.05) is 12.4 Å². The van der Waals surface area contributed by atoms with Crippen molar-refractivity contribution in [3.8, 4) is 0 Å². The summed E-state index contributed by atoms with van der Waals surface area (Å²) in [5, 5.41) is 3.68. The van der Waals surface area contributed by atoms with E-state index in [1.54, 1.807) is 12.3 Å². The van der Waals surface area contributed by atoms with Crippen LogP contribution in [-0.4, -0.2) is 18.1 Å². The lowest BCUT2D eigenvalue weighted by Crippen LogP contribution is -2.37. The molecule has 1 aliphatic rings. The molecule has 0 spiro atoms. The summed E-state index contributed by atoms with van der Waals surface area (Å²) < 4.78 is 4.69. The van der Waals surface area contributed by atoms with Crippen LogP contribution >= 0.6 is 0 Å². The molecule has 120 valence electrons. The Balaban J connectivity index is 1.86. The quantitative estimate of drug-likeness (QED) is 0.862. The topological polar surface area (TPSA) is 51.2 Å². The fraction of sp³-hybridized carbons (Fsp3) is 0.368. The lowest BCUT2D eigenvalue weighted by atomic mass is 9.76. The van der Waals surface area contributed by atoms with Crippen LogP contribution in [0, 0.1) is 0 Å². The van der Waals surface area contributed by atoms with Gasteiger partial charge in [-0.25, -0.2) is 9.78 Å². The molecule has 0 saturated heterocycles. The van der Waals surface area contributed by atoms with Gasteiger partial charge in [0.2, 0.25) is 0 Å². The number of hydrogen-bond donors (Lipinski definition) is 1.